The summed E-state index contributed by atoms with van der Waals surface area (Å²) < 4.78 is 6.00. The Kier molecular flexibility index (Phi) is 2.14. The Balaban J connectivity index is 2.74. The molecule has 0 unspecified atom stereocenters. The maximum absolute atomic E-state index is 5.07. The molecule has 0 fully saturated rings. The molecular weight excluding hydrogens is 232 g/mol. The van der Waals surface area contributed by atoms with E-state index in [2.05, 4.69) is 25.9 Å². The number of ether oxygens (including phenoxy) is 1. The first kappa shape index (κ1) is 8.44. The van der Waals surface area contributed by atoms with Gasteiger partial charge in [0.2, 0.25) is 0 Å². The van der Waals surface area contributed by atoms with E-state index in [0.717, 1.165) is 21.1 Å². The first-order valence-corrected chi connectivity index (χ1v) is 4.54. The fourth-order valence-electron chi connectivity index (χ4n) is 1.10. The third-order valence-corrected chi connectivity index (χ3v) is 2.40. The zero-order valence-corrected chi connectivity index (χ0v) is 8.58. The number of pyridine rings is 2. The Labute approximate surface area is 83.9 Å². The summed E-state index contributed by atoms with van der Waals surface area (Å²) in [7, 11) is 1.62. The molecule has 3 nitrogen and oxygen atoms in total. The molecule has 13 heavy (non-hydrogen) atoms. The molecule has 0 amide bonds. The second-order valence-corrected chi connectivity index (χ2v) is 3.42. The van der Waals surface area contributed by atoms with Gasteiger partial charge in [0.05, 0.1) is 25.0 Å². The van der Waals surface area contributed by atoms with Gasteiger partial charge in [-0.15, -0.1) is 0 Å². The molecule has 2 aromatic rings. The SMILES string of the molecule is COc1cnc2cncc(Br)c2c1. The van der Waals surface area contributed by atoms with Crippen LogP contribution in [-0.4, -0.2) is 17.1 Å². The Morgan fingerprint density at radius 2 is 2.15 bits per heavy atom. The largest absolute Gasteiger partial charge is 0.495 e. The number of nitrogens with zero attached hydrogens (tertiary/aromatic N) is 2. The summed E-state index contributed by atoms with van der Waals surface area (Å²) in [5.74, 6) is 0.749. The van der Waals surface area contributed by atoms with Crippen LogP contribution in [0.1, 0.15) is 0 Å². The number of methoxy groups -OCH3 is 1. The molecule has 2 rings (SSSR count). The lowest BCUT2D eigenvalue weighted by Crippen LogP contribution is -1.86. The van der Waals surface area contributed by atoms with Gasteiger partial charge in [-0.3, -0.25) is 9.97 Å². The minimum Gasteiger partial charge on any atom is -0.495 e. The second-order valence-electron chi connectivity index (χ2n) is 2.56. The topological polar surface area (TPSA) is 35.0 Å². The standard InChI is InChI=1S/C9H7BrN2O/c1-13-6-2-7-8(10)4-11-5-9(7)12-3-6/h2-5H,1H3. The van der Waals surface area contributed by atoms with Crippen LogP contribution in [0.4, 0.5) is 0 Å². The molecular formula is C9H7BrN2O. The van der Waals surface area contributed by atoms with Crippen molar-refractivity contribution in [3.8, 4) is 5.75 Å². The fraction of sp³-hybridized carbons (Fsp3) is 0.111. The first-order chi connectivity index (χ1) is 6.31. The Bertz CT molecular complexity index is 445. The minimum absolute atomic E-state index is 0.749. The van der Waals surface area contributed by atoms with Crippen LogP contribution in [-0.2, 0) is 0 Å². The van der Waals surface area contributed by atoms with Gasteiger partial charge in [-0.25, -0.2) is 0 Å². The summed E-state index contributed by atoms with van der Waals surface area (Å²) in [6, 6.07) is 1.92. The normalized spacial score (nSPS) is 10.3. The average molecular weight is 239 g/mol. The number of halogens is 1. The van der Waals surface area contributed by atoms with Gasteiger partial charge in [0.25, 0.3) is 0 Å². The zero-order chi connectivity index (χ0) is 9.26. The molecule has 0 N–H and O–H groups in total. The number of hydrogen-bond donors (Lipinski definition) is 0. The van der Waals surface area contributed by atoms with Crippen molar-refractivity contribution in [1.29, 1.82) is 0 Å². The first-order valence-electron chi connectivity index (χ1n) is 3.74. The van der Waals surface area contributed by atoms with Gasteiger partial charge in [-0.05, 0) is 22.0 Å². The summed E-state index contributed by atoms with van der Waals surface area (Å²) in [4.78, 5) is 8.21. The predicted molar refractivity (Wildman–Crippen MR) is 53.8 cm³/mol. The molecule has 0 aliphatic rings. The minimum atomic E-state index is 0.749. The van der Waals surface area contributed by atoms with Crippen molar-refractivity contribution in [3.05, 3.63) is 29.1 Å². The summed E-state index contributed by atoms with van der Waals surface area (Å²) in [5.41, 5.74) is 0.857. The van der Waals surface area contributed by atoms with E-state index in [-0.39, 0.29) is 0 Å². The maximum atomic E-state index is 5.07. The molecule has 0 bridgehead atoms. The lowest BCUT2D eigenvalue weighted by molar-refractivity contribution is 0.413. The molecule has 0 aliphatic carbocycles. The van der Waals surface area contributed by atoms with E-state index in [9.17, 15) is 0 Å². The van der Waals surface area contributed by atoms with E-state index in [1.807, 2.05) is 6.07 Å². The second kappa shape index (κ2) is 3.30. The molecule has 0 aromatic carbocycles. The molecule has 0 saturated carbocycles. The summed E-state index contributed by atoms with van der Waals surface area (Å²) in [6.45, 7) is 0. The molecule has 0 aliphatic heterocycles. The molecule has 2 aromatic heterocycles. The van der Waals surface area contributed by atoms with Crippen LogP contribution in [0.25, 0.3) is 10.9 Å². The van der Waals surface area contributed by atoms with E-state index >= 15 is 0 Å². The van der Waals surface area contributed by atoms with Gasteiger partial charge in [-0.2, -0.15) is 0 Å². The van der Waals surface area contributed by atoms with Crippen LogP contribution < -0.4 is 4.74 Å². The number of fused-ring (bicyclic) bond motifs is 1. The summed E-state index contributed by atoms with van der Waals surface area (Å²) in [6.07, 6.45) is 5.14. The monoisotopic (exact) mass is 238 g/mol. The van der Waals surface area contributed by atoms with E-state index in [1.165, 1.54) is 0 Å². The Hall–Kier alpha value is -1.16. The third kappa shape index (κ3) is 1.49. The lowest BCUT2D eigenvalue weighted by Gasteiger charge is -2.02. The molecule has 2 heterocycles. The quantitative estimate of drug-likeness (QED) is 0.766. The fourth-order valence-corrected chi connectivity index (χ4v) is 1.54. The van der Waals surface area contributed by atoms with Gasteiger partial charge in [0.15, 0.2) is 0 Å². The van der Waals surface area contributed by atoms with Gasteiger partial charge < -0.3 is 4.74 Å². The highest BCUT2D eigenvalue weighted by Crippen LogP contribution is 2.24. The van der Waals surface area contributed by atoms with Gasteiger partial charge in [0.1, 0.15) is 5.75 Å². The number of rotatable bonds is 1. The summed E-state index contributed by atoms with van der Waals surface area (Å²) in [5, 5.41) is 1.01. The van der Waals surface area contributed by atoms with Gasteiger partial charge in [-0.1, -0.05) is 0 Å². The molecule has 4 heteroatoms. The number of hydrogen-bond acceptors (Lipinski definition) is 3. The molecule has 0 spiro atoms. The van der Waals surface area contributed by atoms with Crippen molar-refractivity contribution in [2.24, 2.45) is 0 Å². The van der Waals surface area contributed by atoms with Gasteiger partial charge >= 0.3 is 0 Å². The average Bonchev–Trinajstić information content (AvgIpc) is 2.18. The van der Waals surface area contributed by atoms with Crippen LogP contribution in [0.15, 0.2) is 29.1 Å². The van der Waals surface area contributed by atoms with Crippen molar-refractivity contribution in [3.63, 3.8) is 0 Å². The van der Waals surface area contributed by atoms with Crippen molar-refractivity contribution in [2.75, 3.05) is 7.11 Å². The molecule has 0 atom stereocenters. The molecule has 0 saturated heterocycles. The van der Waals surface area contributed by atoms with E-state index in [4.69, 9.17) is 4.74 Å². The van der Waals surface area contributed by atoms with Crippen LogP contribution in [0.3, 0.4) is 0 Å². The van der Waals surface area contributed by atoms with E-state index in [1.54, 1.807) is 25.7 Å². The van der Waals surface area contributed by atoms with Crippen molar-refractivity contribution >= 4 is 26.8 Å². The van der Waals surface area contributed by atoms with Crippen molar-refractivity contribution in [2.45, 2.75) is 0 Å². The molecule has 66 valence electrons. The molecule has 0 radical (unpaired) electrons. The highest BCUT2D eigenvalue weighted by molar-refractivity contribution is 9.10. The van der Waals surface area contributed by atoms with E-state index in [0.29, 0.717) is 0 Å². The van der Waals surface area contributed by atoms with Crippen LogP contribution in [0.2, 0.25) is 0 Å². The smallest absolute Gasteiger partial charge is 0.137 e. The van der Waals surface area contributed by atoms with Crippen LogP contribution in [0, 0.1) is 0 Å². The van der Waals surface area contributed by atoms with Gasteiger partial charge in [0, 0.05) is 16.1 Å². The van der Waals surface area contributed by atoms with E-state index < -0.39 is 0 Å². The maximum Gasteiger partial charge on any atom is 0.137 e. The van der Waals surface area contributed by atoms with Crippen molar-refractivity contribution in [1.82, 2.24) is 9.97 Å². The van der Waals surface area contributed by atoms with Crippen LogP contribution in [0.5, 0.6) is 5.75 Å². The number of aromatic nitrogens is 2. The Morgan fingerprint density at radius 1 is 1.31 bits per heavy atom. The predicted octanol–water partition coefficient (Wildman–Crippen LogP) is 2.40. The lowest BCUT2D eigenvalue weighted by atomic mass is 10.2. The van der Waals surface area contributed by atoms with Crippen molar-refractivity contribution < 1.29 is 4.74 Å². The highest BCUT2D eigenvalue weighted by atomic mass is 79.9. The van der Waals surface area contributed by atoms with Crippen LogP contribution >= 0.6 is 15.9 Å². The Morgan fingerprint density at radius 3 is 2.92 bits per heavy atom. The summed E-state index contributed by atoms with van der Waals surface area (Å²) >= 11 is 3.40. The zero-order valence-electron chi connectivity index (χ0n) is 6.99. The highest BCUT2D eigenvalue weighted by Gasteiger charge is 2.01. The third-order valence-electron chi connectivity index (χ3n) is 1.77.